The van der Waals surface area contributed by atoms with E-state index < -0.39 is 4.92 Å². The van der Waals surface area contributed by atoms with Crippen LogP contribution >= 0.6 is 0 Å². The topological polar surface area (TPSA) is 161 Å². The number of amides is 1. The molecular weight excluding hydrogens is 536 g/mol. The predicted octanol–water partition coefficient (Wildman–Crippen LogP) is 6.80. The standard InChI is InChI=1S/C32H44N4O6/c1-17(4-9-27(39)34-35-29-21-16-19(36(41)42)5-8-25(21)33-30(29)40)22-6-7-23-28-24(11-13-32(22,23)3)31(2)12-10-20(37)14-18(31)15-26(28)38/h5,8,16-18,20,22-24,26,28,33,37-38,40H,4,6-7,9-15H2,1-3H3/t17-,18+,20-,22+,23-,24+,26-,28-,31-,32-/m1/s1. The molecule has 0 bridgehead atoms. The quantitative estimate of drug-likeness (QED) is 0.167. The zero-order valence-corrected chi connectivity index (χ0v) is 24.8. The summed E-state index contributed by atoms with van der Waals surface area (Å²) >= 11 is 0. The second-order valence-corrected chi connectivity index (χ2v) is 14.4. The number of benzene rings is 1. The number of aromatic amines is 1. The van der Waals surface area contributed by atoms with E-state index in [1.807, 2.05) is 0 Å². The smallest absolute Gasteiger partial charge is 0.270 e. The van der Waals surface area contributed by atoms with E-state index in [0.29, 0.717) is 52.8 Å². The van der Waals surface area contributed by atoms with E-state index in [2.05, 4.69) is 36.0 Å². The van der Waals surface area contributed by atoms with Crippen LogP contribution in [0.5, 0.6) is 5.88 Å². The van der Waals surface area contributed by atoms with Crippen LogP contribution < -0.4 is 0 Å². The van der Waals surface area contributed by atoms with Gasteiger partial charge in [0.2, 0.25) is 5.88 Å². The SMILES string of the molecule is C[C@H](CCC(=O)N=Nc1c(O)[nH]c2ccc([N+](=O)[O-])cc12)[C@@H]1CC[C@@H]2[C@H]3[C@H](O)C[C@@H]4C[C@H](O)CC[C@@]4(C)[C@H]3CC[C@@]21C. The maximum atomic E-state index is 12.8. The van der Waals surface area contributed by atoms with Crippen molar-refractivity contribution in [3.05, 3.63) is 28.3 Å². The first kappa shape index (κ1) is 29.2. The van der Waals surface area contributed by atoms with Gasteiger partial charge in [-0.1, -0.05) is 20.8 Å². The van der Waals surface area contributed by atoms with Crippen LogP contribution in [0.2, 0.25) is 0 Å². The Bertz CT molecular complexity index is 1410. The summed E-state index contributed by atoms with van der Waals surface area (Å²) in [5.41, 5.74) is 0.694. The molecule has 4 saturated carbocycles. The zero-order valence-electron chi connectivity index (χ0n) is 24.8. The van der Waals surface area contributed by atoms with Gasteiger partial charge in [-0.3, -0.25) is 14.9 Å². The zero-order chi connectivity index (χ0) is 30.0. The second kappa shape index (κ2) is 10.7. The van der Waals surface area contributed by atoms with E-state index in [1.165, 1.54) is 18.2 Å². The van der Waals surface area contributed by atoms with Gasteiger partial charge in [0, 0.05) is 23.9 Å². The van der Waals surface area contributed by atoms with E-state index in [1.54, 1.807) is 0 Å². The lowest BCUT2D eigenvalue weighted by Crippen LogP contribution is -2.58. The molecule has 1 aromatic carbocycles. The van der Waals surface area contributed by atoms with Gasteiger partial charge >= 0.3 is 0 Å². The van der Waals surface area contributed by atoms with Gasteiger partial charge in [-0.15, -0.1) is 10.2 Å². The van der Waals surface area contributed by atoms with Gasteiger partial charge in [-0.05, 0) is 110 Å². The summed E-state index contributed by atoms with van der Waals surface area (Å²) in [6, 6.07) is 4.13. The molecule has 1 aromatic heterocycles. The van der Waals surface area contributed by atoms with Crippen LogP contribution in [0, 0.1) is 56.5 Å². The first-order valence-electron chi connectivity index (χ1n) is 15.7. The van der Waals surface area contributed by atoms with Crippen molar-refractivity contribution in [3.63, 3.8) is 0 Å². The lowest BCUT2D eigenvalue weighted by atomic mass is 9.43. The molecule has 2 aromatic rings. The van der Waals surface area contributed by atoms with E-state index in [4.69, 9.17) is 0 Å². The molecule has 4 N–H and O–H groups in total. The summed E-state index contributed by atoms with van der Waals surface area (Å²) in [6.07, 6.45) is 8.44. The summed E-state index contributed by atoms with van der Waals surface area (Å²) in [7, 11) is 0. The van der Waals surface area contributed by atoms with Crippen LogP contribution in [0.1, 0.15) is 85.0 Å². The van der Waals surface area contributed by atoms with Gasteiger partial charge in [0.1, 0.15) is 0 Å². The molecule has 0 aliphatic heterocycles. The first-order chi connectivity index (χ1) is 19.9. The number of nitro benzene ring substituents is 1. The number of rotatable bonds is 6. The number of carbonyl (C=O) groups is 1. The average molecular weight is 581 g/mol. The van der Waals surface area contributed by atoms with Gasteiger partial charge in [-0.2, -0.15) is 0 Å². The van der Waals surface area contributed by atoms with Gasteiger partial charge in [0.25, 0.3) is 11.6 Å². The maximum Gasteiger partial charge on any atom is 0.270 e. The van der Waals surface area contributed by atoms with Crippen molar-refractivity contribution < 1.29 is 25.0 Å². The Kier molecular flexibility index (Phi) is 7.45. The van der Waals surface area contributed by atoms with Crippen LogP contribution in [-0.4, -0.2) is 43.3 Å². The third kappa shape index (κ3) is 4.75. The Morgan fingerprint density at radius 2 is 1.86 bits per heavy atom. The monoisotopic (exact) mass is 580 g/mol. The molecule has 4 fully saturated rings. The summed E-state index contributed by atoms with van der Waals surface area (Å²) in [6.45, 7) is 7.09. The number of aromatic nitrogens is 1. The summed E-state index contributed by atoms with van der Waals surface area (Å²) in [5, 5.41) is 51.4. The van der Waals surface area contributed by atoms with Crippen LogP contribution in [0.15, 0.2) is 28.4 Å². The van der Waals surface area contributed by atoms with Crippen molar-refractivity contribution in [1.82, 2.24) is 4.98 Å². The van der Waals surface area contributed by atoms with Gasteiger partial charge in [0.15, 0.2) is 5.69 Å². The maximum absolute atomic E-state index is 12.8. The number of fused-ring (bicyclic) bond motifs is 6. The highest BCUT2D eigenvalue weighted by Crippen LogP contribution is 2.68. The van der Waals surface area contributed by atoms with Crippen molar-refractivity contribution in [2.45, 2.75) is 97.2 Å². The highest BCUT2D eigenvalue weighted by molar-refractivity contribution is 5.95. The first-order valence-corrected chi connectivity index (χ1v) is 15.7. The minimum Gasteiger partial charge on any atom is -0.493 e. The Balaban J connectivity index is 1.11. The Hall–Kier alpha value is -2.85. The third-order valence-electron chi connectivity index (χ3n) is 12.4. The number of H-pyrrole nitrogens is 1. The fourth-order valence-corrected chi connectivity index (χ4v) is 10.2. The van der Waals surface area contributed by atoms with E-state index in [0.717, 1.165) is 51.4 Å². The fraction of sp³-hybridized carbons (Fsp3) is 0.719. The summed E-state index contributed by atoms with van der Waals surface area (Å²) < 4.78 is 0. The normalized spacial score (nSPS) is 38.6. The van der Waals surface area contributed by atoms with Gasteiger partial charge < -0.3 is 20.3 Å². The van der Waals surface area contributed by atoms with Crippen molar-refractivity contribution in [2.24, 2.45) is 56.6 Å². The number of hydrogen-bond acceptors (Lipinski definition) is 7. The average Bonchev–Trinajstić information content (AvgIpc) is 3.46. The van der Waals surface area contributed by atoms with E-state index in [9.17, 15) is 30.2 Å². The highest BCUT2D eigenvalue weighted by atomic mass is 16.6. The number of nitro groups is 1. The molecular formula is C32H44N4O6. The number of aliphatic hydroxyl groups excluding tert-OH is 2. The molecule has 10 heteroatoms. The molecule has 42 heavy (non-hydrogen) atoms. The molecule has 4 aliphatic rings. The summed E-state index contributed by atoms with van der Waals surface area (Å²) in [5.74, 6) is 1.82. The molecule has 228 valence electrons. The fourth-order valence-electron chi connectivity index (χ4n) is 10.2. The summed E-state index contributed by atoms with van der Waals surface area (Å²) in [4.78, 5) is 26.1. The van der Waals surface area contributed by atoms with Gasteiger partial charge in [0.05, 0.1) is 22.6 Å². The lowest BCUT2D eigenvalue weighted by molar-refractivity contribution is -0.384. The molecule has 10 atom stereocenters. The molecule has 0 unspecified atom stereocenters. The number of aliphatic hydroxyl groups is 2. The minimum atomic E-state index is -0.523. The Labute approximate surface area is 246 Å². The number of azo groups is 1. The molecule has 0 saturated heterocycles. The molecule has 6 rings (SSSR count). The third-order valence-corrected chi connectivity index (χ3v) is 12.4. The molecule has 0 radical (unpaired) electrons. The van der Waals surface area contributed by atoms with Crippen LogP contribution in [0.3, 0.4) is 0 Å². The number of aromatic hydroxyl groups is 1. The number of nitrogens with zero attached hydrogens (tertiary/aromatic N) is 3. The molecule has 1 heterocycles. The van der Waals surface area contributed by atoms with Crippen molar-refractivity contribution >= 4 is 28.2 Å². The predicted molar refractivity (Wildman–Crippen MR) is 157 cm³/mol. The highest BCUT2D eigenvalue weighted by Gasteiger charge is 2.62. The van der Waals surface area contributed by atoms with Crippen LogP contribution in [-0.2, 0) is 4.79 Å². The number of non-ortho nitro benzene ring substituents is 1. The second-order valence-electron chi connectivity index (χ2n) is 14.4. The van der Waals surface area contributed by atoms with Crippen molar-refractivity contribution in [2.75, 3.05) is 0 Å². The molecule has 0 spiro atoms. The Morgan fingerprint density at radius 1 is 1.12 bits per heavy atom. The lowest BCUT2D eigenvalue weighted by Gasteiger charge is -2.62. The number of hydrogen-bond donors (Lipinski definition) is 4. The van der Waals surface area contributed by atoms with Crippen molar-refractivity contribution in [1.29, 1.82) is 0 Å². The Morgan fingerprint density at radius 3 is 2.62 bits per heavy atom. The molecule has 1 amide bonds. The molecule has 4 aliphatic carbocycles. The number of nitrogens with one attached hydrogen (secondary N) is 1. The van der Waals surface area contributed by atoms with E-state index in [-0.39, 0.29) is 52.6 Å². The minimum absolute atomic E-state index is 0.0208. The van der Waals surface area contributed by atoms with Crippen LogP contribution in [0.25, 0.3) is 10.9 Å². The largest absolute Gasteiger partial charge is 0.493 e. The molecule has 10 nitrogen and oxygen atoms in total. The van der Waals surface area contributed by atoms with Gasteiger partial charge in [-0.25, -0.2) is 0 Å². The van der Waals surface area contributed by atoms with Crippen molar-refractivity contribution in [3.8, 4) is 5.88 Å². The van der Waals surface area contributed by atoms with E-state index >= 15 is 0 Å². The number of carbonyl (C=O) groups excluding carboxylic acids is 1. The van der Waals surface area contributed by atoms with Crippen LogP contribution in [0.4, 0.5) is 11.4 Å².